The lowest BCUT2D eigenvalue weighted by molar-refractivity contribution is 0.0688. The zero-order valence-electron chi connectivity index (χ0n) is 10.8. The maximum Gasteiger partial charge on any atom is 0.352 e. The first-order valence-electron chi connectivity index (χ1n) is 6.53. The Bertz CT molecular complexity index is 622. The third-order valence-electron chi connectivity index (χ3n) is 3.74. The van der Waals surface area contributed by atoms with Crippen molar-refractivity contribution in [2.75, 3.05) is 13.1 Å². The molecule has 100 valence electrons. The summed E-state index contributed by atoms with van der Waals surface area (Å²) in [5.41, 5.74) is 0.818. The van der Waals surface area contributed by atoms with Crippen LogP contribution in [0, 0.1) is 0 Å². The van der Waals surface area contributed by atoms with Gasteiger partial charge in [-0.1, -0.05) is 13.0 Å². The van der Waals surface area contributed by atoms with Gasteiger partial charge in [-0.2, -0.15) is 0 Å². The van der Waals surface area contributed by atoms with Gasteiger partial charge in [0.25, 0.3) is 0 Å². The molecule has 0 bridgehead atoms. The summed E-state index contributed by atoms with van der Waals surface area (Å²) in [6, 6.07) is 5.24. The van der Waals surface area contributed by atoms with Gasteiger partial charge in [-0.3, -0.25) is 9.30 Å². The van der Waals surface area contributed by atoms with Crippen molar-refractivity contribution in [2.24, 2.45) is 0 Å². The van der Waals surface area contributed by atoms with Crippen molar-refractivity contribution in [1.82, 2.24) is 19.5 Å². The summed E-state index contributed by atoms with van der Waals surface area (Å²) in [6.07, 6.45) is 2.12. The number of rotatable bonds is 3. The summed E-state index contributed by atoms with van der Waals surface area (Å²) in [6.45, 7) is 4.08. The molecule has 6 nitrogen and oxygen atoms in total. The van der Waals surface area contributed by atoms with Gasteiger partial charge in [0, 0.05) is 0 Å². The maximum absolute atomic E-state index is 11.3. The summed E-state index contributed by atoms with van der Waals surface area (Å²) >= 11 is 0. The van der Waals surface area contributed by atoms with E-state index >= 15 is 0 Å². The molecular formula is C13H16N4O2. The van der Waals surface area contributed by atoms with E-state index < -0.39 is 5.97 Å². The van der Waals surface area contributed by atoms with Crippen LogP contribution < -0.4 is 0 Å². The van der Waals surface area contributed by atoms with E-state index in [1.807, 2.05) is 0 Å². The maximum atomic E-state index is 11.3. The average molecular weight is 260 g/mol. The Labute approximate surface area is 110 Å². The molecule has 0 saturated carbocycles. The number of carboxylic acids is 1. The summed E-state index contributed by atoms with van der Waals surface area (Å²) < 4.78 is 1.67. The zero-order valence-corrected chi connectivity index (χ0v) is 10.8. The standard InChI is InChI=1S/C13H16N4O2/c1-2-16-8-4-6-9(16)12-15-14-11-7-3-5-10(13(18)19)17(11)12/h3,5,7,9H,2,4,6,8H2,1H3,(H,18,19). The molecule has 1 unspecified atom stereocenters. The monoisotopic (exact) mass is 260 g/mol. The molecule has 3 rings (SSSR count). The molecule has 0 aliphatic carbocycles. The van der Waals surface area contributed by atoms with Crippen LogP contribution in [0.3, 0.4) is 0 Å². The molecule has 3 heterocycles. The Morgan fingerprint density at radius 1 is 1.47 bits per heavy atom. The van der Waals surface area contributed by atoms with Gasteiger partial charge in [0.2, 0.25) is 0 Å². The minimum absolute atomic E-state index is 0.167. The second kappa shape index (κ2) is 4.62. The van der Waals surface area contributed by atoms with Crippen molar-refractivity contribution >= 4 is 11.6 Å². The second-order valence-electron chi connectivity index (χ2n) is 4.75. The van der Waals surface area contributed by atoms with E-state index in [1.54, 1.807) is 22.6 Å². The third kappa shape index (κ3) is 1.88. The van der Waals surface area contributed by atoms with E-state index in [-0.39, 0.29) is 11.7 Å². The minimum Gasteiger partial charge on any atom is -0.477 e. The van der Waals surface area contributed by atoms with Gasteiger partial charge in [0.05, 0.1) is 6.04 Å². The molecule has 0 amide bonds. The molecule has 2 aromatic rings. The van der Waals surface area contributed by atoms with Crippen molar-refractivity contribution in [2.45, 2.75) is 25.8 Å². The van der Waals surface area contributed by atoms with E-state index in [9.17, 15) is 9.90 Å². The van der Waals surface area contributed by atoms with Crippen LogP contribution in [0.2, 0.25) is 0 Å². The van der Waals surface area contributed by atoms with E-state index in [0.717, 1.165) is 31.8 Å². The fraction of sp³-hybridized carbons (Fsp3) is 0.462. The predicted octanol–water partition coefficient (Wildman–Crippen LogP) is 1.58. The fourth-order valence-electron chi connectivity index (χ4n) is 2.84. The Hall–Kier alpha value is -1.95. The Morgan fingerprint density at radius 2 is 2.32 bits per heavy atom. The number of fused-ring (bicyclic) bond motifs is 1. The predicted molar refractivity (Wildman–Crippen MR) is 69.2 cm³/mol. The molecule has 1 atom stereocenters. The molecule has 6 heteroatoms. The van der Waals surface area contributed by atoms with E-state index in [1.165, 1.54) is 0 Å². The van der Waals surface area contributed by atoms with E-state index in [2.05, 4.69) is 22.0 Å². The molecule has 0 aromatic carbocycles. The Balaban J connectivity index is 2.16. The molecule has 1 aliphatic heterocycles. The Kier molecular flexibility index (Phi) is 2.94. The molecule has 2 aromatic heterocycles. The van der Waals surface area contributed by atoms with Gasteiger partial charge in [-0.05, 0) is 38.1 Å². The molecule has 1 saturated heterocycles. The minimum atomic E-state index is -0.951. The largest absolute Gasteiger partial charge is 0.477 e. The number of hydrogen-bond acceptors (Lipinski definition) is 4. The highest BCUT2D eigenvalue weighted by Gasteiger charge is 2.29. The number of aromatic nitrogens is 3. The topological polar surface area (TPSA) is 70.7 Å². The van der Waals surface area contributed by atoms with Gasteiger partial charge in [-0.25, -0.2) is 4.79 Å². The van der Waals surface area contributed by atoms with Gasteiger partial charge in [0.15, 0.2) is 11.5 Å². The van der Waals surface area contributed by atoms with Crippen molar-refractivity contribution in [3.05, 3.63) is 29.7 Å². The smallest absolute Gasteiger partial charge is 0.352 e. The molecule has 1 fully saturated rings. The summed E-state index contributed by atoms with van der Waals surface area (Å²) in [4.78, 5) is 13.7. The van der Waals surface area contributed by atoms with Crippen LogP contribution in [-0.4, -0.2) is 43.7 Å². The lowest BCUT2D eigenvalue weighted by Crippen LogP contribution is -2.25. The number of nitrogens with zero attached hydrogens (tertiary/aromatic N) is 4. The van der Waals surface area contributed by atoms with Crippen LogP contribution >= 0.6 is 0 Å². The summed E-state index contributed by atoms with van der Waals surface area (Å²) in [5, 5.41) is 17.6. The van der Waals surface area contributed by atoms with Gasteiger partial charge in [-0.15, -0.1) is 10.2 Å². The van der Waals surface area contributed by atoms with Crippen LogP contribution in [0.5, 0.6) is 0 Å². The second-order valence-corrected chi connectivity index (χ2v) is 4.75. The number of aromatic carboxylic acids is 1. The van der Waals surface area contributed by atoms with Crippen LogP contribution in [0.25, 0.3) is 5.65 Å². The third-order valence-corrected chi connectivity index (χ3v) is 3.74. The van der Waals surface area contributed by atoms with Gasteiger partial charge < -0.3 is 5.11 Å². The highest BCUT2D eigenvalue weighted by Crippen LogP contribution is 2.31. The molecule has 0 radical (unpaired) electrons. The molecule has 1 aliphatic rings. The van der Waals surface area contributed by atoms with E-state index in [0.29, 0.717) is 5.65 Å². The molecule has 19 heavy (non-hydrogen) atoms. The van der Waals surface area contributed by atoms with Crippen LogP contribution in [-0.2, 0) is 0 Å². The number of carbonyl (C=O) groups is 1. The zero-order chi connectivity index (χ0) is 13.4. The first-order chi connectivity index (χ1) is 9.22. The Morgan fingerprint density at radius 3 is 3.05 bits per heavy atom. The van der Waals surface area contributed by atoms with Gasteiger partial charge in [0.1, 0.15) is 5.69 Å². The number of carboxylic acid groups (broad SMARTS) is 1. The van der Waals surface area contributed by atoms with Crippen LogP contribution in [0.4, 0.5) is 0 Å². The van der Waals surface area contributed by atoms with Gasteiger partial charge >= 0.3 is 5.97 Å². The summed E-state index contributed by atoms with van der Waals surface area (Å²) in [7, 11) is 0. The highest BCUT2D eigenvalue weighted by atomic mass is 16.4. The van der Waals surface area contributed by atoms with Crippen molar-refractivity contribution in [1.29, 1.82) is 0 Å². The van der Waals surface area contributed by atoms with Crippen molar-refractivity contribution in [3.63, 3.8) is 0 Å². The quantitative estimate of drug-likeness (QED) is 0.907. The van der Waals surface area contributed by atoms with Crippen molar-refractivity contribution in [3.8, 4) is 0 Å². The molecule has 1 N–H and O–H groups in total. The van der Waals surface area contributed by atoms with E-state index in [4.69, 9.17) is 0 Å². The van der Waals surface area contributed by atoms with Crippen molar-refractivity contribution < 1.29 is 9.90 Å². The summed E-state index contributed by atoms with van der Waals surface area (Å²) in [5.74, 6) is -0.208. The van der Waals surface area contributed by atoms with Crippen LogP contribution in [0.15, 0.2) is 18.2 Å². The lowest BCUT2D eigenvalue weighted by Gasteiger charge is -2.21. The molecule has 0 spiro atoms. The first kappa shape index (κ1) is 12.1. The SMILES string of the molecule is CCN1CCCC1c1nnc2cccc(C(=O)O)n12. The fourth-order valence-corrected chi connectivity index (χ4v) is 2.84. The first-order valence-corrected chi connectivity index (χ1v) is 6.53. The number of hydrogen-bond donors (Lipinski definition) is 1. The molecular weight excluding hydrogens is 244 g/mol. The lowest BCUT2D eigenvalue weighted by atomic mass is 10.2. The van der Waals surface area contributed by atoms with Crippen LogP contribution in [0.1, 0.15) is 42.1 Å². The average Bonchev–Trinajstić information content (AvgIpc) is 3.03. The highest BCUT2D eigenvalue weighted by molar-refractivity contribution is 5.86. The normalized spacial score (nSPS) is 20.2. The number of likely N-dealkylation sites (tertiary alicyclic amines) is 1. The number of pyridine rings is 1.